The molecule has 1 aliphatic heterocycles. The molecule has 1 rings (SSSR count). The first-order valence-corrected chi connectivity index (χ1v) is 7.13. The highest BCUT2D eigenvalue weighted by molar-refractivity contribution is 7.85. The monoisotopic (exact) mass is 232 g/mol. The second-order valence-electron chi connectivity index (χ2n) is 4.10. The Kier molecular flexibility index (Phi) is 6.10. The molecule has 88 valence electrons. The Balaban J connectivity index is 2.00. The van der Waals surface area contributed by atoms with Crippen LogP contribution < -0.4 is 0 Å². The fourth-order valence-electron chi connectivity index (χ4n) is 1.70. The number of carbonyl (C=O) groups excluding carboxylic acids is 1. The maximum absolute atomic E-state index is 11.6. The molecule has 0 amide bonds. The molecular formula is C11H20O3S. The first kappa shape index (κ1) is 12.8. The van der Waals surface area contributed by atoms with Crippen LogP contribution in [-0.2, 0) is 20.3 Å². The van der Waals surface area contributed by atoms with Crippen LogP contribution in [0.2, 0.25) is 0 Å². The molecule has 1 heterocycles. The smallest absolute Gasteiger partial charge is 0.129 e. The SMILES string of the molecule is CC(=O)CCCCS(=O)CC1CCCO1. The lowest BCUT2D eigenvalue weighted by molar-refractivity contribution is -0.117. The molecule has 0 spiro atoms. The Bertz CT molecular complexity index is 222. The van der Waals surface area contributed by atoms with Gasteiger partial charge in [0.25, 0.3) is 0 Å². The van der Waals surface area contributed by atoms with Crippen LogP contribution in [0.5, 0.6) is 0 Å². The number of ketones is 1. The molecule has 0 radical (unpaired) electrons. The van der Waals surface area contributed by atoms with Crippen molar-refractivity contribution < 1.29 is 13.7 Å². The van der Waals surface area contributed by atoms with E-state index in [0.717, 1.165) is 32.3 Å². The third-order valence-corrected chi connectivity index (χ3v) is 4.03. The Morgan fingerprint density at radius 3 is 2.87 bits per heavy atom. The summed E-state index contributed by atoms with van der Waals surface area (Å²) in [6.07, 6.45) is 4.76. The molecule has 4 heteroatoms. The lowest BCUT2D eigenvalue weighted by atomic mass is 10.2. The summed E-state index contributed by atoms with van der Waals surface area (Å²) in [6.45, 7) is 2.43. The molecule has 1 saturated heterocycles. The van der Waals surface area contributed by atoms with E-state index in [1.54, 1.807) is 6.92 Å². The number of rotatable bonds is 7. The third-order valence-electron chi connectivity index (χ3n) is 2.55. The highest BCUT2D eigenvalue weighted by atomic mass is 32.2. The van der Waals surface area contributed by atoms with Crippen molar-refractivity contribution >= 4 is 16.6 Å². The van der Waals surface area contributed by atoms with E-state index in [4.69, 9.17) is 4.74 Å². The van der Waals surface area contributed by atoms with Gasteiger partial charge in [-0.05, 0) is 32.6 Å². The van der Waals surface area contributed by atoms with E-state index in [-0.39, 0.29) is 11.9 Å². The topological polar surface area (TPSA) is 43.4 Å². The van der Waals surface area contributed by atoms with E-state index >= 15 is 0 Å². The normalized spacial score (nSPS) is 22.9. The van der Waals surface area contributed by atoms with Crippen molar-refractivity contribution in [1.82, 2.24) is 0 Å². The largest absolute Gasteiger partial charge is 0.377 e. The fourth-order valence-corrected chi connectivity index (χ4v) is 3.07. The van der Waals surface area contributed by atoms with Crippen molar-refractivity contribution in [2.24, 2.45) is 0 Å². The Labute approximate surface area is 94.0 Å². The Morgan fingerprint density at radius 2 is 2.27 bits per heavy atom. The summed E-state index contributed by atoms with van der Waals surface area (Å²) in [5, 5.41) is 0. The van der Waals surface area contributed by atoms with Crippen molar-refractivity contribution in [3.63, 3.8) is 0 Å². The van der Waals surface area contributed by atoms with E-state index in [2.05, 4.69) is 0 Å². The maximum Gasteiger partial charge on any atom is 0.129 e. The molecule has 1 fully saturated rings. The Morgan fingerprint density at radius 1 is 1.47 bits per heavy atom. The summed E-state index contributed by atoms with van der Waals surface area (Å²) >= 11 is 0. The number of hydrogen-bond donors (Lipinski definition) is 0. The van der Waals surface area contributed by atoms with Gasteiger partial charge in [0.1, 0.15) is 5.78 Å². The van der Waals surface area contributed by atoms with Crippen LogP contribution in [0.15, 0.2) is 0 Å². The number of carbonyl (C=O) groups is 1. The quantitative estimate of drug-likeness (QED) is 0.627. The van der Waals surface area contributed by atoms with Crippen molar-refractivity contribution in [3.05, 3.63) is 0 Å². The molecule has 0 bridgehead atoms. The number of Topliss-reactive ketones (excluding diaryl/α,β-unsaturated/α-hetero) is 1. The van der Waals surface area contributed by atoms with Gasteiger partial charge in [-0.15, -0.1) is 0 Å². The summed E-state index contributed by atoms with van der Waals surface area (Å²) in [5.41, 5.74) is 0. The number of hydrogen-bond acceptors (Lipinski definition) is 3. The van der Waals surface area contributed by atoms with Gasteiger partial charge in [0.15, 0.2) is 0 Å². The fraction of sp³-hybridized carbons (Fsp3) is 0.909. The van der Waals surface area contributed by atoms with Crippen molar-refractivity contribution in [3.8, 4) is 0 Å². The van der Waals surface area contributed by atoms with Gasteiger partial charge in [0.05, 0.1) is 6.10 Å². The van der Waals surface area contributed by atoms with Crippen LogP contribution in [0.25, 0.3) is 0 Å². The van der Waals surface area contributed by atoms with Crippen LogP contribution in [0.4, 0.5) is 0 Å². The molecule has 15 heavy (non-hydrogen) atoms. The van der Waals surface area contributed by atoms with Crippen molar-refractivity contribution in [2.75, 3.05) is 18.1 Å². The molecule has 2 unspecified atom stereocenters. The summed E-state index contributed by atoms with van der Waals surface area (Å²) in [7, 11) is -0.761. The van der Waals surface area contributed by atoms with Crippen LogP contribution >= 0.6 is 0 Å². The third kappa shape index (κ3) is 6.05. The number of unbranched alkanes of at least 4 members (excludes halogenated alkanes) is 1. The zero-order valence-electron chi connectivity index (χ0n) is 9.37. The highest BCUT2D eigenvalue weighted by Gasteiger charge is 2.17. The predicted octanol–water partition coefficient (Wildman–Crippen LogP) is 1.67. The van der Waals surface area contributed by atoms with E-state index in [9.17, 15) is 9.00 Å². The average Bonchev–Trinajstić information content (AvgIpc) is 2.64. The van der Waals surface area contributed by atoms with Gasteiger partial charge < -0.3 is 9.53 Å². The van der Waals surface area contributed by atoms with E-state index in [1.165, 1.54) is 0 Å². The minimum Gasteiger partial charge on any atom is -0.377 e. The molecule has 0 saturated carbocycles. The molecule has 0 aliphatic carbocycles. The Hall–Kier alpha value is -0.220. The van der Waals surface area contributed by atoms with Crippen molar-refractivity contribution in [1.29, 1.82) is 0 Å². The van der Waals surface area contributed by atoms with Gasteiger partial charge >= 0.3 is 0 Å². The molecule has 1 aliphatic rings. The van der Waals surface area contributed by atoms with Gasteiger partial charge in [-0.3, -0.25) is 4.21 Å². The second-order valence-corrected chi connectivity index (χ2v) is 5.73. The van der Waals surface area contributed by atoms with Crippen LogP contribution in [0.3, 0.4) is 0 Å². The van der Waals surface area contributed by atoms with Gasteiger partial charge in [-0.1, -0.05) is 0 Å². The lowest BCUT2D eigenvalue weighted by Gasteiger charge is -2.08. The highest BCUT2D eigenvalue weighted by Crippen LogP contribution is 2.13. The zero-order chi connectivity index (χ0) is 11.1. The molecule has 0 aromatic heterocycles. The molecular weight excluding hydrogens is 212 g/mol. The average molecular weight is 232 g/mol. The van der Waals surface area contributed by atoms with Gasteiger partial charge in [-0.25, -0.2) is 0 Å². The lowest BCUT2D eigenvalue weighted by Crippen LogP contribution is -2.17. The second kappa shape index (κ2) is 7.12. The van der Waals surface area contributed by atoms with E-state index in [1.807, 2.05) is 0 Å². The number of ether oxygens (including phenoxy) is 1. The molecule has 0 N–H and O–H groups in total. The van der Waals surface area contributed by atoms with Crippen LogP contribution in [0.1, 0.15) is 39.0 Å². The maximum atomic E-state index is 11.6. The van der Waals surface area contributed by atoms with Crippen LogP contribution in [-0.4, -0.2) is 34.2 Å². The van der Waals surface area contributed by atoms with Gasteiger partial charge in [-0.2, -0.15) is 0 Å². The summed E-state index contributed by atoms with van der Waals surface area (Å²) < 4.78 is 17.0. The van der Waals surface area contributed by atoms with E-state index < -0.39 is 10.8 Å². The first-order valence-electron chi connectivity index (χ1n) is 5.64. The van der Waals surface area contributed by atoms with Gasteiger partial charge in [0.2, 0.25) is 0 Å². The summed E-state index contributed by atoms with van der Waals surface area (Å²) in [4.78, 5) is 10.7. The molecule has 3 nitrogen and oxygen atoms in total. The van der Waals surface area contributed by atoms with Gasteiger partial charge in [0, 0.05) is 35.3 Å². The zero-order valence-corrected chi connectivity index (χ0v) is 10.2. The summed E-state index contributed by atoms with van der Waals surface area (Å²) in [5.74, 6) is 1.62. The summed E-state index contributed by atoms with van der Waals surface area (Å²) in [6, 6.07) is 0. The molecule has 0 aromatic rings. The molecule has 0 aromatic carbocycles. The molecule has 2 atom stereocenters. The minimum atomic E-state index is -0.761. The predicted molar refractivity (Wildman–Crippen MR) is 61.4 cm³/mol. The van der Waals surface area contributed by atoms with Crippen molar-refractivity contribution in [2.45, 2.75) is 45.1 Å². The van der Waals surface area contributed by atoms with Crippen LogP contribution in [0, 0.1) is 0 Å². The van der Waals surface area contributed by atoms with E-state index in [0.29, 0.717) is 17.9 Å². The standard InChI is InChI=1S/C11H20O3S/c1-10(12)5-2-3-8-15(13)9-11-6-4-7-14-11/h11H,2-9H2,1H3. The minimum absolute atomic E-state index is 0.221. The first-order chi connectivity index (χ1) is 7.18.